The van der Waals surface area contributed by atoms with Crippen molar-refractivity contribution in [3.8, 4) is 11.5 Å². The Morgan fingerprint density at radius 2 is 1.86 bits per heavy atom. The van der Waals surface area contributed by atoms with Crippen molar-refractivity contribution in [3.05, 3.63) is 70.9 Å². The largest absolute Gasteiger partial charge is 0.465 e. The fourth-order valence-corrected chi connectivity index (χ4v) is 4.55. The first-order valence-electron chi connectivity index (χ1n) is 10.7. The van der Waals surface area contributed by atoms with E-state index in [9.17, 15) is 19.5 Å². The van der Waals surface area contributed by atoms with Crippen LogP contribution < -0.4 is 14.3 Å². The van der Waals surface area contributed by atoms with Gasteiger partial charge in [-0.25, -0.2) is 9.09 Å². The lowest BCUT2D eigenvalue weighted by atomic mass is 10.1. The van der Waals surface area contributed by atoms with Gasteiger partial charge in [0.1, 0.15) is 22.6 Å². The molecule has 3 aromatic rings. The summed E-state index contributed by atoms with van der Waals surface area (Å²) in [6.07, 6.45) is 1.08. The number of nitro groups is 1. The zero-order valence-corrected chi connectivity index (χ0v) is 20.6. The van der Waals surface area contributed by atoms with E-state index in [4.69, 9.17) is 18.5 Å². The van der Waals surface area contributed by atoms with Crippen molar-refractivity contribution in [2.24, 2.45) is 0 Å². The fraction of sp³-hybridized carbons (Fsp3) is 0.304. The summed E-state index contributed by atoms with van der Waals surface area (Å²) in [5.74, 6) is -0.241. The van der Waals surface area contributed by atoms with Crippen LogP contribution in [0.4, 0.5) is 5.69 Å². The van der Waals surface area contributed by atoms with Crippen molar-refractivity contribution in [1.82, 2.24) is 10.1 Å². The highest BCUT2D eigenvalue weighted by Crippen LogP contribution is 2.46. The number of nitro benzene ring substituents is 1. The number of esters is 1. The van der Waals surface area contributed by atoms with Crippen molar-refractivity contribution < 1.29 is 32.8 Å². The number of nitrogens with one attached hydrogen (secondary N) is 1. The molecule has 1 aromatic heterocycles. The van der Waals surface area contributed by atoms with Gasteiger partial charge in [-0.1, -0.05) is 18.2 Å². The van der Waals surface area contributed by atoms with Gasteiger partial charge in [-0.2, -0.15) is 5.09 Å². The predicted molar refractivity (Wildman–Crippen MR) is 128 cm³/mol. The molecule has 1 heterocycles. The number of benzene rings is 2. The predicted octanol–water partition coefficient (Wildman–Crippen LogP) is 5.00. The Bertz CT molecular complexity index is 1250. The van der Waals surface area contributed by atoms with Gasteiger partial charge in [0.05, 0.1) is 16.4 Å². The molecule has 0 fully saturated rings. The number of para-hydroxylation sites is 1. The quantitative estimate of drug-likeness (QED) is 0.125. The summed E-state index contributed by atoms with van der Waals surface area (Å²) >= 11 is 0. The van der Waals surface area contributed by atoms with Crippen LogP contribution in [-0.4, -0.2) is 34.3 Å². The van der Waals surface area contributed by atoms with Gasteiger partial charge in [0.2, 0.25) is 6.79 Å². The van der Waals surface area contributed by atoms with Crippen molar-refractivity contribution in [2.75, 3.05) is 6.79 Å². The lowest BCUT2D eigenvalue weighted by Gasteiger charge is -2.29. The Balaban J connectivity index is 1.82. The number of nitrogens with zero attached hydrogens (tertiary/aromatic N) is 2. The highest BCUT2D eigenvalue weighted by molar-refractivity contribution is 7.52. The second-order valence-electron chi connectivity index (χ2n) is 8.22. The first-order chi connectivity index (χ1) is 16.5. The maximum absolute atomic E-state index is 13.6. The molecule has 35 heavy (non-hydrogen) atoms. The van der Waals surface area contributed by atoms with Crippen molar-refractivity contribution in [3.63, 3.8) is 0 Å². The Labute approximate surface area is 202 Å². The standard InChI is InChI=1S/C23H26N3O8P/c1-16(2)33-22(27)23(3,4)25-35(30,34-17-9-6-5-7-10-17)32-15-31-20-13-12-19(26(28)29)18-11-8-14-24-21(18)20/h5-14,16H,15H2,1-4H3,(H,25,30). The normalized spacial score (nSPS) is 13.3. The van der Waals surface area contributed by atoms with E-state index in [1.165, 1.54) is 32.2 Å². The molecule has 0 saturated heterocycles. The highest BCUT2D eigenvalue weighted by Gasteiger charge is 2.41. The first-order valence-corrected chi connectivity index (χ1v) is 12.2. The molecule has 0 aliphatic carbocycles. The molecule has 1 atom stereocenters. The number of hydrogen-bond acceptors (Lipinski definition) is 9. The number of ether oxygens (including phenoxy) is 2. The molecule has 0 aliphatic heterocycles. The monoisotopic (exact) mass is 503 g/mol. The second-order valence-corrected chi connectivity index (χ2v) is 9.88. The molecule has 186 valence electrons. The van der Waals surface area contributed by atoms with E-state index in [-0.39, 0.29) is 34.2 Å². The lowest BCUT2D eigenvalue weighted by molar-refractivity contribution is -0.383. The Hall–Kier alpha value is -3.53. The number of aromatic nitrogens is 1. The van der Waals surface area contributed by atoms with E-state index < -0.39 is 31.0 Å². The van der Waals surface area contributed by atoms with Gasteiger partial charge in [0.25, 0.3) is 5.69 Å². The highest BCUT2D eigenvalue weighted by atomic mass is 31.2. The third-order valence-electron chi connectivity index (χ3n) is 4.58. The second kappa shape index (κ2) is 10.8. The Morgan fingerprint density at radius 1 is 1.14 bits per heavy atom. The molecular weight excluding hydrogens is 477 g/mol. The molecule has 1 N–H and O–H groups in total. The maximum atomic E-state index is 13.6. The molecule has 3 rings (SSSR count). The van der Waals surface area contributed by atoms with E-state index in [0.29, 0.717) is 0 Å². The Morgan fingerprint density at radius 3 is 2.51 bits per heavy atom. The van der Waals surface area contributed by atoms with Crippen LogP contribution in [0, 0.1) is 10.1 Å². The summed E-state index contributed by atoms with van der Waals surface area (Å²) in [6, 6.07) is 14.0. The minimum atomic E-state index is -4.19. The summed E-state index contributed by atoms with van der Waals surface area (Å²) in [6.45, 7) is 5.78. The summed E-state index contributed by atoms with van der Waals surface area (Å²) < 4.78 is 35.6. The van der Waals surface area contributed by atoms with Gasteiger partial charge in [0, 0.05) is 12.3 Å². The maximum Gasteiger partial charge on any atom is 0.462 e. The molecule has 0 saturated carbocycles. The molecule has 11 nitrogen and oxygen atoms in total. The van der Waals surface area contributed by atoms with Crippen LogP contribution >= 0.6 is 7.75 Å². The summed E-state index contributed by atoms with van der Waals surface area (Å²) in [5.41, 5.74) is -1.33. The molecular formula is C23H26N3O8P. The van der Waals surface area contributed by atoms with Crippen LogP contribution in [0.15, 0.2) is 60.8 Å². The number of non-ortho nitro benzene ring substituents is 1. The number of hydrogen-bond donors (Lipinski definition) is 1. The topological polar surface area (TPSA) is 139 Å². The number of rotatable bonds is 11. The van der Waals surface area contributed by atoms with E-state index in [1.807, 2.05) is 0 Å². The van der Waals surface area contributed by atoms with Crippen LogP contribution in [0.1, 0.15) is 27.7 Å². The van der Waals surface area contributed by atoms with Crippen LogP contribution in [0.5, 0.6) is 11.5 Å². The average molecular weight is 503 g/mol. The number of pyridine rings is 1. The van der Waals surface area contributed by atoms with Gasteiger partial charge < -0.3 is 14.0 Å². The Kier molecular flexibility index (Phi) is 8.06. The van der Waals surface area contributed by atoms with Gasteiger partial charge >= 0.3 is 13.7 Å². The zero-order valence-electron chi connectivity index (χ0n) is 19.7. The third-order valence-corrected chi connectivity index (χ3v) is 6.31. The molecule has 0 amide bonds. The first kappa shape index (κ1) is 26.1. The van der Waals surface area contributed by atoms with Crippen molar-refractivity contribution >= 4 is 30.3 Å². The van der Waals surface area contributed by atoms with Gasteiger partial charge in [-0.05, 0) is 58.0 Å². The van der Waals surface area contributed by atoms with Crippen molar-refractivity contribution in [2.45, 2.75) is 39.3 Å². The molecule has 0 aliphatic rings. The third kappa shape index (κ3) is 6.75. The van der Waals surface area contributed by atoms with E-state index in [2.05, 4.69) is 10.1 Å². The SMILES string of the molecule is CC(C)OC(=O)C(C)(C)NP(=O)(OCOc1ccc([N+](=O)[O-])c2cccnc12)Oc1ccccc1. The number of carbonyl (C=O) groups is 1. The van der Waals surface area contributed by atoms with Crippen molar-refractivity contribution in [1.29, 1.82) is 0 Å². The fourth-order valence-electron chi connectivity index (χ4n) is 3.02. The van der Waals surface area contributed by atoms with Crippen LogP contribution in [0.25, 0.3) is 10.9 Å². The van der Waals surface area contributed by atoms with E-state index in [0.717, 1.165) is 0 Å². The van der Waals surface area contributed by atoms with Gasteiger partial charge in [-0.3, -0.25) is 19.9 Å². The van der Waals surface area contributed by atoms with Crippen LogP contribution in [0.3, 0.4) is 0 Å². The molecule has 0 spiro atoms. The van der Waals surface area contributed by atoms with Crippen LogP contribution in [-0.2, 0) is 18.6 Å². The zero-order chi connectivity index (χ0) is 25.6. The molecule has 2 aromatic carbocycles. The molecule has 0 radical (unpaired) electrons. The van der Waals surface area contributed by atoms with E-state index >= 15 is 0 Å². The minimum Gasteiger partial charge on any atom is -0.465 e. The summed E-state index contributed by atoms with van der Waals surface area (Å²) in [7, 11) is -4.19. The minimum absolute atomic E-state index is 0.133. The van der Waals surface area contributed by atoms with Crippen LogP contribution in [0.2, 0.25) is 0 Å². The summed E-state index contributed by atoms with van der Waals surface area (Å²) in [5, 5.41) is 14.2. The molecule has 1 unspecified atom stereocenters. The lowest BCUT2D eigenvalue weighted by Crippen LogP contribution is -2.47. The van der Waals surface area contributed by atoms with E-state index in [1.54, 1.807) is 56.3 Å². The van der Waals surface area contributed by atoms with Gasteiger partial charge in [-0.15, -0.1) is 0 Å². The molecule has 0 bridgehead atoms. The smallest absolute Gasteiger partial charge is 0.462 e. The van der Waals surface area contributed by atoms with Gasteiger partial charge in [0.15, 0.2) is 0 Å². The number of fused-ring (bicyclic) bond motifs is 1. The molecule has 12 heteroatoms. The number of carbonyl (C=O) groups excluding carboxylic acids is 1. The average Bonchev–Trinajstić information content (AvgIpc) is 2.78. The summed E-state index contributed by atoms with van der Waals surface area (Å²) in [4.78, 5) is 27.5.